The van der Waals surface area contributed by atoms with Gasteiger partial charge in [-0.2, -0.15) is 5.26 Å². The summed E-state index contributed by atoms with van der Waals surface area (Å²) < 4.78 is 5.70. The Morgan fingerprint density at radius 1 is 1.17 bits per heavy atom. The van der Waals surface area contributed by atoms with Crippen LogP contribution >= 0.6 is 0 Å². The summed E-state index contributed by atoms with van der Waals surface area (Å²) in [5.41, 5.74) is 0.653. The molecule has 3 rings (SSSR count). The maximum absolute atomic E-state index is 9.20. The lowest BCUT2D eigenvalue weighted by atomic mass is 10.0. The Labute approximate surface area is 142 Å². The monoisotopic (exact) mass is 322 g/mol. The molecule has 1 aliphatic heterocycles. The van der Waals surface area contributed by atoms with Gasteiger partial charge < -0.3 is 15.0 Å². The number of ether oxygens (including phenoxy) is 1. The van der Waals surface area contributed by atoms with Crippen molar-refractivity contribution in [1.82, 2.24) is 10.3 Å². The average Bonchev–Trinajstić information content (AvgIpc) is 2.66. The Morgan fingerprint density at radius 2 is 1.96 bits per heavy atom. The first-order chi connectivity index (χ1) is 11.9. The van der Waals surface area contributed by atoms with Crippen LogP contribution in [0.15, 0.2) is 48.7 Å². The number of piperidine rings is 1. The van der Waals surface area contributed by atoms with Crippen LogP contribution in [-0.2, 0) is 0 Å². The highest BCUT2D eigenvalue weighted by atomic mass is 16.5. The fraction of sp³-hybridized carbons (Fsp3) is 0.368. The predicted molar refractivity (Wildman–Crippen MR) is 94.1 cm³/mol. The molecule has 0 unspecified atom stereocenters. The number of aromatic nitrogens is 1. The molecule has 1 aliphatic rings. The molecule has 5 heteroatoms. The van der Waals surface area contributed by atoms with Crippen molar-refractivity contribution in [3.63, 3.8) is 0 Å². The van der Waals surface area contributed by atoms with Gasteiger partial charge in [0.25, 0.3) is 0 Å². The largest absolute Gasteiger partial charge is 0.492 e. The Hall–Kier alpha value is -2.58. The quantitative estimate of drug-likeness (QED) is 0.828. The number of anilines is 1. The lowest BCUT2D eigenvalue weighted by Gasteiger charge is -2.33. The topological polar surface area (TPSA) is 61.2 Å². The van der Waals surface area contributed by atoms with Gasteiger partial charge in [0.1, 0.15) is 24.2 Å². The van der Waals surface area contributed by atoms with Crippen molar-refractivity contribution in [2.24, 2.45) is 0 Å². The van der Waals surface area contributed by atoms with Gasteiger partial charge in [0.05, 0.1) is 5.56 Å². The van der Waals surface area contributed by atoms with Crippen LogP contribution in [-0.4, -0.2) is 37.3 Å². The Balaban J connectivity index is 1.40. The van der Waals surface area contributed by atoms with Crippen molar-refractivity contribution in [3.8, 4) is 11.8 Å². The van der Waals surface area contributed by atoms with Gasteiger partial charge in [-0.1, -0.05) is 18.2 Å². The van der Waals surface area contributed by atoms with Gasteiger partial charge in [0.2, 0.25) is 0 Å². The van der Waals surface area contributed by atoms with E-state index in [4.69, 9.17) is 4.74 Å². The zero-order chi connectivity index (χ0) is 16.6. The SMILES string of the molecule is N#Cc1cccnc1N1CCC(NCCOc2ccccc2)CC1. The summed E-state index contributed by atoms with van der Waals surface area (Å²) in [4.78, 5) is 6.58. The van der Waals surface area contributed by atoms with Crippen molar-refractivity contribution in [1.29, 1.82) is 5.26 Å². The van der Waals surface area contributed by atoms with Crippen LogP contribution < -0.4 is 15.0 Å². The van der Waals surface area contributed by atoms with Crippen LogP contribution in [0.1, 0.15) is 18.4 Å². The highest BCUT2D eigenvalue weighted by Crippen LogP contribution is 2.21. The number of nitrogens with one attached hydrogen (secondary N) is 1. The number of rotatable bonds is 6. The molecule has 0 aliphatic carbocycles. The molecule has 1 aromatic heterocycles. The Morgan fingerprint density at radius 3 is 2.71 bits per heavy atom. The normalized spacial score (nSPS) is 15.0. The summed E-state index contributed by atoms with van der Waals surface area (Å²) in [5.74, 6) is 1.72. The Kier molecular flexibility index (Phi) is 5.65. The van der Waals surface area contributed by atoms with E-state index < -0.39 is 0 Å². The maximum atomic E-state index is 9.20. The molecule has 0 radical (unpaired) electrons. The van der Waals surface area contributed by atoms with Gasteiger partial charge in [0.15, 0.2) is 0 Å². The molecule has 2 heterocycles. The molecular formula is C19H22N4O. The first kappa shape index (κ1) is 16.3. The van der Waals surface area contributed by atoms with Crippen LogP contribution in [0.2, 0.25) is 0 Å². The van der Waals surface area contributed by atoms with Gasteiger partial charge >= 0.3 is 0 Å². The van der Waals surface area contributed by atoms with E-state index in [9.17, 15) is 5.26 Å². The van der Waals surface area contributed by atoms with Crippen LogP contribution in [0.25, 0.3) is 0 Å². The van der Waals surface area contributed by atoms with E-state index in [1.54, 1.807) is 6.20 Å². The number of nitriles is 1. The van der Waals surface area contributed by atoms with E-state index in [1.807, 2.05) is 42.5 Å². The summed E-state index contributed by atoms with van der Waals surface area (Å²) in [5, 5.41) is 12.8. The number of hydrogen-bond acceptors (Lipinski definition) is 5. The van der Waals surface area contributed by atoms with Gasteiger partial charge in [-0.25, -0.2) is 4.98 Å². The van der Waals surface area contributed by atoms with Gasteiger partial charge in [-0.3, -0.25) is 0 Å². The Bertz CT molecular complexity index is 675. The van der Waals surface area contributed by atoms with Crippen molar-refractivity contribution in [2.45, 2.75) is 18.9 Å². The van der Waals surface area contributed by atoms with E-state index in [2.05, 4.69) is 21.3 Å². The molecular weight excluding hydrogens is 300 g/mol. The van der Waals surface area contributed by atoms with Crippen LogP contribution in [0.3, 0.4) is 0 Å². The third-order valence-corrected chi connectivity index (χ3v) is 4.25. The number of nitrogens with zero attached hydrogens (tertiary/aromatic N) is 3. The van der Waals surface area contributed by atoms with Gasteiger partial charge in [0, 0.05) is 31.9 Å². The first-order valence-corrected chi connectivity index (χ1v) is 8.38. The zero-order valence-corrected chi connectivity index (χ0v) is 13.7. The second-order valence-corrected chi connectivity index (χ2v) is 5.86. The van der Waals surface area contributed by atoms with E-state index in [0.717, 1.165) is 44.0 Å². The predicted octanol–water partition coefficient (Wildman–Crippen LogP) is 2.59. The minimum Gasteiger partial charge on any atom is -0.492 e. The molecule has 5 nitrogen and oxygen atoms in total. The van der Waals surface area contributed by atoms with Gasteiger partial charge in [-0.05, 0) is 37.1 Å². The smallest absolute Gasteiger partial charge is 0.146 e. The number of pyridine rings is 1. The number of hydrogen-bond donors (Lipinski definition) is 1. The summed E-state index contributed by atoms with van der Waals surface area (Å²) >= 11 is 0. The summed E-state index contributed by atoms with van der Waals surface area (Å²) in [6.45, 7) is 3.35. The summed E-state index contributed by atoms with van der Waals surface area (Å²) in [7, 11) is 0. The number of benzene rings is 1. The minimum atomic E-state index is 0.495. The first-order valence-electron chi connectivity index (χ1n) is 8.38. The van der Waals surface area contributed by atoms with E-state index in [-0.39, 0.29) is 0 Å². The lowest BCUT2D eigenvalue weighted by Crippen LogP contribution is -2.44. The molecule has 1 aromatic carbocycles. The average molecular weight is 322 g/mol. The fourth-order valence-electron chi connectivity index (χ4n) is 2.98. The maximum Gasteiger partial charge on any atom is 0.146 e. The molecule has 0 amide bonds. The third-order valence-electron chi connectivity index (χ3n) is 4.25. The molecule has 0 spiro atoms. The molecule has 0 saturated carbocycles. The minimum absolute atomic E-state index is 0.495. The molecule has 124 valence electrons. The van der Waals surface area contributed by atoms with Crippen LogP contribution in [0, 0.1) is 11.3 Å². The third kappa shape index (κ3) is 4.24. The van der Waals surface area contributed by atoms with Crippen molar-refractivity contribution >= 4 is 5.82 Å². The van der Waals surface area contributed by atoms with E-state index >= 15 is 0 Å². The second kappa shape index (κ2) is 8.32. The van der Waals surface area contributed by atoms with E-state index in [0.29, 0.717) is 18.2 Å². The standard InChI is InChI=1S/C19H22N4O/c20-15-16-5-4-10-22-19(16)23-12-8-17(9-13-23)21-11-14-24-18-6-2-1-3-7-18/h1-7,10,17,21H,8-9,11-14H2. The molecule has 0 atom stereocenters. The highest BCUT2D eigenvalue weighted by Gasteiger charge is 2.21. The van der Waals surface area contributed by atoms with Crippen LogP contribution in [0.4, 0.5) is 5.82 Å². The molecule has 1 N–H and O–H groups in total. The fourth-order valence-corrected chi connectivity index (χ4v) is 2.98. The molecule has 1 saturated heterocycles. The molecule has 1 fully saturated rings. The summed E-state index contributed by atoms with van der Waals surface area (Å²) in [6, 6.07) is 16.2. The second-order valence-electron chi connectivity index (χ2n) is 5.86. The van der Waals surface area contributed by atoms with Crippen molar-refractivity contribution in [2.75, 3.05) is 31.1 Å². The highest BCUT2D eigenvalue weighted by molar-refractivity contribution is 5.53. The lowest BCUT2D eigenvalue weighted by molar-refractivity contribution is 0.296. The van der Waals surface area contributed by atoms with Crippen LogP contribution in [0.5, 0.6) is 5.75 Å². The van der Waals surface area contributed by atoms with Crippen molar-refractivity contribution in [3.05, 3.63) is 54.2 Å². The zero-order valence-electron chi connectivity index (χ0n) is 13.7. The van der Waals surface area contributed by atoms with Crippen molar-refractivity contribution < 1.29 is 4.74 Å². The molecule has 24 heavy (non-hydrogen) atoms. The molecule has 2 aromatic rings. The molecule has 0 bridgehead atoms. The van der Waals surface area contributed by atoms with E-state index in [1.165, 1.54) is 0 Å². The summed E-state index contributed by atoms with van der Waals surface area (Å²) in [6.07, 6.45) is 3.85. The van der Waals surface area contributed by atoms with Gasteiger partial charge in [-0.15, -0.1) is 0 Å². The number of para-hydroxylation sites is 1.